The van der Waals surface area contributed by atoms with Crippen LogP contribution in [0.2, 0.25) is 0 Å². The van der Waals surface area contributed by atoms with E-state index in [2.05, 4.69) is 16.3 Å². The van der Waals surface area contributed by atoms with E-state index in [1.165, 1.54) is 96.3 Å². The summed E-state index contributed by atoms with van der Waals surface area (Å²) in [6.45, 7) is 5.15. The van der Waals surface area contributed by atoms with Crippen LogP contribution >= 0.6 is 12.4 Å². The number of phenols is 1. The van der Waals surface area contributed by atoms with E-state index in [0.717, 1.165) is 24.3 Å². The number of carbonyl (C=O) groups is 1. The highest BCUT2D eigenvalue weighted by atomic mass is 35.5. The summed E-state index contributed by atoms with van der Waals surface area (Å²) in [5.41, 5.74) is 3.07. The number of hydrogen-bond donors (Lipinski definition) is 2. The second-order valence-corrected chi connectivity index (χ2v) is 10.1. The van der Waals surface area contributed by atoms with Gasteiger partial charge in [0, 0.05) is 19.0 Å². The first kappa shape index (κ1) is 24.4. The lowest BCUT2D eigenvalue weighted by Crippen LogP contribution is -2.36. The van der Waals surface area contributed by atoms with Crippen LogP contribution in [0.3, 0.4) is 0 Å². The Morgan fingerprint density at radius 2 is 1.55 bits per heavy atom. The average Bonchev–Trinajstić information content (AvgIpc) is 3.14. The zero-order chi connectivity index (χ0) is 20.9. The van der Waals surface area contributed by atoms with Crippen molar-refractivity contribution in [1.29, 1.82) is 0 Å². The Bertz CT molecular complexity index is 716. The first-order valence-electron chi connectivity index (χ1n) is 12.5. The Labute approximate surface area is 194 Å². The number of hydrogen-bond acceptors (Lipinski definition) is 3. The summed E-state index contributed by atoms with van der Waals surface area (Å²) in [5.74, 6) is 2.08. The predicted octanol–water partition coefficient (Wildman–Crippen LogP) is 6.58. The lowest BCUT2D eigenvalue weighted by molar-refractivity contribution is -0.114. The molecule has 1 aliphatic heterocycles. The van der Waals surface area contributed by atoms with E-state index in [-0.39, 0.29) is 18.3 Å². The highest BCUT2D eigenvalue weighted by Crippen LogP contribution is 2.47. The van der Waals surface area contributed by atoms with Crippen LogP contribution in [0.15, 0.2) is 12.1 Å². The van der Waals surface area contributed by atoms with Crippen molar-refractivity contribution in [2.24, 2.45) is 5.92 Å². The first-order valence-corrected chi connectivity index (χ1v) is 12.5. The molecule has 0 unspecified atom stereocenters. The maximum absolute atomic E-state index is 11.6. The molecule has 1 saturated heterocycles. The van der Waals surface area contributed by atoms with Crippen molar-refractivity contribution >= 4 is 24.0 Å². The third kappa shape index (κ3) is 6.16. The van der Waals surface area contributed by atoms with Gasteiger partial charge in [-0.05, 0) is 81.0 Å². The summed E-state index contributed by atoms with van der Waals surface area (Å²) in [5, 5.41) is 13.9. The van der Waals surface area contributed by atoms with Crippen LogP contribution in [0, 0.1) is 5.92 Å². The third-order valence-electron chi connectivity index (χ3n) is 7.84. The van der Waals surface area contributed by atoms with Crippen LogP contribution in [-0.2, 0) is 4.79 Å². The molecule has 2 saturated carbocycles. The number of amides is 1. The summed E-state index contributed by atoms with van der Waals surface area (Å²) < 4.78 is 0. The zero-order valence-corrected chi connectivity index (χ0v) is 20.0. The highest BCUT2D eigenvalue weighted by molar-refractivity contribution is 5.90. The molecular weight excluding hydrogens is 408 g/mol. The number of benzene rings is 1. The fraction of sp³-hybridized carbons (Fsp3) is 0.731. The molecule has 0 radical (unpaired) electrons. The molecule has 2 aliphatic carbocycles. The van der Waals surface area contributed by atoms with Crippen molar-refractivity contribution < 1.29 is 9.90 Å². The molecule has 0 aromatic heterocycles. The second-order valence-electron chi connectivity index (χ2n) is 10.1. The summed E-state index contributed by atoms with van der Waals surface area (Å²) in [4.78, 5) is 14.3. The molecule has 4 nitrogen and oxygen atoms in total. The lowest BCUT2D eigenvalue weighted by Gasteiger charge is -2.35. The van der Waals surface area contributed by atoms with Crippen molar-refractivity contribution in [3.8, 4) is 5.75 Å². The maximum atomic E-state index is 11.6. The molecule has 174 valence electrons. The molecule has 4 rings (SSSR count). The number of aromatic hydroxyl groups is 1. The van der Waals surface area contributed by atoms with Gasteiger partial charge in [-0.15, -0.1) is 12.4 Å². The molecule has 1 aromatic carbocycles. The van der Waals surface area contributed by atoms with Crippen LogP contribution in [0.5, 0.6) is 5.75 Å². The summed E-state index contributed by atoms with van der Waals surface area (Å²) >= 11 is 0. The SMILES string of the molecule is CC(=O)Nc1ccc(C2CCN(CC3CCCCCC3)CC2)c(C2CCCC2)c1O.Cl. The number of halogens is 1. The summed E-state index contributed by atoms with van der Waals surface area (Å²) in [6.07, 6.45) is 15.7. The van der Waals surface area contributed by atoms with Gasteiger partial charge >= 0.3 is 0 Å². The first-order chi connectivity index (χ1) is 14.6. The number of nitrogens with zero attached hydrogens (tertiary/aromatic N) is 1. The monoisotopic (exact) mass is 448 g/mol. The van der Waals surface area contributed by atoms with Gasteiger partial charge in [0.1, 0.15) is 5.75 Å². The zero-order valence-electron chi connectivity index (χ0n) is 19.2. The minimum Gasteiger partial charge on any atom is -0.505 e. The van der Waals surface area contributed by atoms with E-state index >= 15 is 0 Å². The van der Waals surface area contributed by atoms with E-state index in [4.69, 9.17) is 0 Å². The Kier molecular flexibility index (Phi) is 9.09. The van der Waals surface area contributed by atoms with Gasteiger partial charge in [0.05, 0.1) is 5.69 Å². The quantitative estimate of drug-likeness (QED) is 0.395. The minimum atomic E-state index is -0.123. The standard InChI is InChI=1S/C26H40N2O2.ClH/c1-19(29)27-24-13-12-23(25(26(24)30)22-10-6-7-11-22)21-14-16-28(17-15-21)18-20-8-4-2-3-5-9-20;/h12-13,20-22,30H,2-11,14-18H2,1H3,(H,27,29);1H. The van der Waals surface area contributed by atoms with E-state index < -0.39 is 0 Å². The Balaban J connectivity index is 0.00000272. The molecular formula is C26H41ClN2O2. The molecule has 1 heterocycles. The van der Waals surface area contributed by atoms with Gasteiger partial charge in [0.2, 0.25) is 5.91 Å². The normalized spacial score (nSPS) is 22.1. The van der Waals surface area contributed by atoms with E-state index in [1.54, 1.807) is 0 Å². The van der Waals surface area contributed by atoms with E-state index in [0.29, 0.717) is 23.3 Å². The van der Waals surface area contributed by atoms with Crippen molar-refractivity contribution in [3.63, 3.8) is 0 Å². The highest BCUT2D eigenvalue weighted by Gasteiger charge is 2.30. The molecule has 2 N–H and O–H groups in total. The molecule has 31 heavy (non-hydrogen) atoms. The predicted molar refractivity (Wildman–Crippen MR) is 130 cm³/mol. The van der Waals surface area contributed by atoms with Gasteiger partial charge in [-0.2, -0.15) is 0 Å². The Hall–Kier alpha value is -1.26. The molecule has 0 atom stereocenters. The summed E-state index contributed by atoms with van der Waals surface area (Å²) in [7, 11) is 0. The molecule has 1 aromatic rings. The average molecular weight is 449 g/mol. The largest absolute Gasteiger partial charge is 0.505 e. The van der Waals surface area contributed by atoms with Crippen LogP contribution in [-0.4, -0.2) is 35.5 Å². The van der Waals surface area contributed by atoms with Gasteiger partial charge < -0.3 is 15.3 Å². The van der Waals surface area contributed by atoms with Crippen LogP contribution in [0.25, 0.3) is 0 Å². The van der Waals surface area contributed by atoms with E-state index in [1.807, 2.05) is 6.07 Å². The van der Waals surface area contributed by atoms with E-state index in [9.17, 15) is 9.90 Å². The smallest absolute Gasteiger partial charge is 0.221 e. The van der Waals surface area contributed by atoms with Gasteiger partial charge in [-0.3, -0.25) is 4.79 Å². The van der Waals surface area contributed by atoms with Crippen molar-refractivity contribution in [3.05, 3.63) is 23.3 Å². The number of rotatable bonds is 5. The molecule has 3 aliphatic rings. The van der Waals surface area contributed by atoms with Crippen LogP contribution in [0.1, 0.15) is 107 Å². The number of phenolic OH excluding ortho intramolecular Hbond substituents is 1. The summed E-state index contributed by atoms with van der Waals surface area (Å²) in [6, 6.07) is 4.12. The Morgan fingerprint density at radius 3 is 2.16 bits per heavy atom. The lowest BCUT2D eigenvalue weighted by atomic mass is 9.81. The molecule has 1 amide bonds. The molecule has 0 bridgehead atoms. The van der Waals surface area contributed by atoms with Crippen molar-refractivity contribution in [2.45, 2.75) is 95.8 Å². The Morgan fingerprint density at radius 1 is 0.935 bits per heavy atom. The minimum absolute atomic E-state index is 0. The van der Waals surface area contributed by atoms with Crippen molar-refractivity contribution in [2.75, 3.05) is 25.0 Å². The molecule has 3 fully saturated rings. The maximum Gasteiger partial charge on any atom is 0.221 e. The number of carbonyl (C=O) groups excluding carboxylic acids is 1. The number of anilines is 1. The fourth-order valence-electron chi connectivity index (χ4n) is 6.25. The van der Waals surface area contributed by atoms with Gasteiger partial charge in [-0.25, -0.2) is 0 Å². The number of likely N-dealkylation sites (tertiary alicyclic amines) is 1. The third-order valence-corrected chi connectivity index (χ3v) is 7.84. The van der Waals surface area contributed by atoms with Crippen LogP contribution < -0.4 is 5.32 Å². The second kappa shape index (κ2) is 11.6. The topological polar surface area (TPSA) is 52.6 Å². The van der Waals surface area contributed by atoms with Gasteiger partial charge in [0.25, 0.3) is 0 Å². The van der Waals surface area contributed by atoms with Crippen molar-refractivity contribution in [1.82, 2.24) is 4.90 Å². The molecule has 5 heteroatoms. The fourth-order valence-corrected chi connectivity index (χ4v) is 6.25. The van der Waals surface area contributed by atoms with Gasteiger partial charge in [0.15, 0.2) is 0 Å². The molecule has 0 spiro atoms. The number of piperidine rings is 1. The van der Waals surface area contributed by atoms with Crippen LogP contribution in [0.4, 0.5) is 5.69 Å². The van der Waals surface area contributed by atoms with Gasteiger partial charge in [-0.1, -0.05) is 44.6 Å². The number of nitrogens with one attached hydrogen (secondary N) is 1.